The largest absolute Gasteiger partial charge is 0.383 e. The molecule has 108 valence electrons. The molecule has 0 aliphatic rings. The second kappa shape index (κ2) is 6.53. The number of ether oxygens (including phenoxy) is 1. The van der Waals surface area contributed by atoms with Crippen LogP contribution in [0.25, 0.3) is 0 Å². The molecule has 2 aromatic rings. The number of aromatic nitrogens is 2. The van der Waals surface area contributed by atoms with Crippen LogP contribution in [-0.2, 0) is 20.3 Å². The van der Waals surface area contributed by atoms with Crippen LogP contribution in [0.15, 0.2) is 41.8 Å². The first-order valence-electron chi connectivity index (χ1n) is 6.16. The summed E-state index contributed by atoms with van der Waals surface area (Å²) in [7, 11) is -1.84. The van der Waals surface area contributed by atoms with Crippen LogP contribution < -0.4 is 5.32 Å². The SMILES string of the molecule is COCCNc1ccccc1CS(=O)(=O)c1ncc[nH]1. The number of aromatic amines is 1. The van der Waals surface area contributed by atoms with Gasteiger partial charge in [-0.3, -0.25) is 0 Å². The summed E-state index contributed by atoms with van der Waals surface area (Å²) in [6, 6.07) is 7.31. The minimum absolute atomic E-state index is 0.0100. The Balaban J connectivity index is 2.17. The van der Waals surface area contributed by atoms with E-state index in [0.29, 0.717) is 18.7 Å². The van der Waals surface area contributed by atoms with Crippen molar-refractivity contribution in [1.82, 2.24) is 9.97 Å². The van der Waals surface area contributed by atoms with Crippen LogP contribution in [0.3, 0.4) is 0 Å². The molecule has 0 unspecified atom stereocenters. The number of para-hydroxylation sites is 1. The van der Waals surface area contributed by atoms with E-state index in [0.717, 1.165) is 5.69 Å². The lowest BCUT2D eigenvalue weighted by Gasteiger charge is -2.11. The van der Waals surface area contributed by atoms with Gasteiger partial charge in [-0.1, -0.05) is 18.2 Å². The number of hydrogen-bond acceptors (Lipinski definition) is 5. The van der Waals surface area contributed by atoms with Gasteiger partial charge in [-0.2, -0.15) is 0 Å². The van der Waals surface area contributed by atoms with E-state index in [1.165, 1.54) is 12.4 Å². The zero-order valence-electron chi connectivity index (χ0n) is 11.2. The van der Waals surface area contributed by atoms with Gasteiger partial charge in [0.05, 0.1) is 12.4 Å². The number of anilines is 1. The standard InChI is InChI=1S/C13H17N3O3S/c1-19-9-8-14-12-5-3-2-4-11(12)10-20(17,18)13-15-6-7-16-13/h2-7,14H,8-10H2,1H3,(H,15,16). The summed E-state index contributed by atoms with van der Waals surface area (Å²) in [5.41, 5.74) is 1.50. The van der Waals surface area contributed by atoms with Gasteiger partial charge in [-0.15, -0.1) is 0 Å². The minimum Gasteiger partial charge on any atom is -0.383 e. The second-order valence-corrected chi connectivity index (χ2v) is 6.14. The fourth-order valence-corrected chi connectivity index (χ4v) is 3.07. The zero-order chi connectivity index (χ0) is 14.4. The van der Waals surface area contributed by atoms with E-state index in [9.17, 15) is 8.42 Å². The predicted octanol–water partition coefficient (Wildman–Crippen LogP) is 1.44. The van der Waals surface area contributed by atoms with Gasteiger partial charge in [0.25, 0.3) is 0 Å². The molecule has 0 atom stereocenters. The molecular weight excluding hydrogens is 278 g/mol. The molecule has 1 aromatic heterocycles. The fourth-order valence-electron chi connectivity index (χ4n) is 1.80. The third kappa shape index (κ3) is 3.58. The Labute approximate surface area is 118 Å². The van der Waals surface area contributed by atoms with E-state index in [4.69, 9.17) is 4.74 Å². The van der Waals surface area contributed by atoms with Crippen molar-refractivity contribution in [3.63, 3.8) is 0 Å². The topological polar surface area (TPSA) is 84.1 Å². The van der Waals surface area contributed by atoms with Crippen molar-refractivity contribution in [2.75, 3.05) is 25.6 Å². The number of nitrogens with zero attached hydrogens (tertiary/aromatic N) is 1. The molecule has 0 saturated carbocycles. The van der Waals surface area contributed by atoms with Crippen molar-refractivity contribution in [2.24, 2.45) is 0 Å². The predicted molar refractivity (Wildman–Crippen MR) is 76.3 cm³/mol. The summed E-state index contributed by atoms with van der Waals surface area (Å²) in [5, 5.41) is 3.15. The summed E-state index contributed by atoms with van der Waals surface area (Å²) in [5.74, 6) is -0.101. The number of hydrogen-bond donors (Lipinski definition) is 2. The molecule has 7 heteroatoms. The molecule has 20 heavy (non-hydrogen) atoms. The Kier molecular flexibility index (Phi) is 4.75. The highest BCUT2D eigenvalue weighted by Crippen LogP contribution is 2.20. The molecule has 0 bridgehead atoms. The van der Waals surface area contributed by atoms with Crippen molar-refractivity contribution < 1.29 is 13.2 Å². The Bertz CT molecular complexity index is 639. The van der Waals surface area contributed by atoms with E-state index in [1.807, 2.05) is 18.2 Å². The second-order valence-electron chi connectivity index (χ2n) is 4.23. The number of sulfone groups is 1. The van der Waals surface area contributed by atoms with E-state index in [2.05, 4.69) is 15.3 Å². The molecule has 2 N–H and O–H groups in total. The Morgan fingerprint density at radius 1 is 1.35 bits per heavy atom. The zero-order valence-corrected chi connectivity index (χ0v) is 12.0. The fraction of sp³-hybridized carbons (Fsp3) is 0.308. The maximum atomic E-state index is 12.2. The first-order chi connectivity index (χ1) is 9.63. The third-order valence-electron chi connectivity index (χ3n) is 2.75. The van der Waals surface area contributed by atoms with Crippen LogP contribution in [0.4, 0.5) is 5.69 Å². The number of nitrogens with one attached hydrogen (secondary N) is 2. The smallest absolute Gasteiger partial charge is 0.225 e. The molecule has 0 spiro atoms. The van der Waals surface area contributed by atoms with E-state index >= 15 is 0 Å². The molecule has 2 rings (SSSR count). The van der Waals surface area contributed by atoms with Crippen LogP contribution >= 0.6 is 0 Å². The van der Waals surface area contributed by atoms with Gasteiger partial charge in [0.15, 0.2) is 0 Å². The number of rotatable bonds is 7. The van der Waals surface area contributed by atoms with Crippen molar-refractivity contribution >= 4 is 15.5 Å². The first-order valence-corrected chi connectivity index (χ1v) is 7.81. The maximum absolute atomic E-state index is 12.2. The lowest BCUT2D eigenvalue weighted by atomic mass is 10.2. The number of imidazole rings is 1. The monoisotopic (exact) mass is 295 g/mol. The highest BCUT2D eigenvalue weighted by molar-refractivity contribution is 7.90. The third-order valence-corrected chi connectivity index (χ3v) is 4.26. The summed E-state index contributed by atoms with van der Waals surface area (Å²) < 4.78 is 29.4. The lowest BCUT2D eigenvalue weighted by Crippen LogP contribution is -2.12. The molecule has 0 radical (unpaired) electrons. The summed E-state index contributed by atoms with van der Waals surface area (Å²) in [6.07, 6.45) is 2.92. The first kappa shape index (κ1) is 14.5. The molecule has 1 aromatic carbocycles. The lowest BCUT2D eigenvalue weighted by molar-refractivity contribution is 0.211. The molecular formula is C13H17N3O3S. The normalized spacial score (nSPS) is 11.4. The van der Waals surface area contributed by atoms with E-state index < -0.39 is 9.84 Å². The minimum atomic E-state index is -3.46. The molecule has 0 aliphatic heterocycles. The molecule has 0 saturated heterocycles. The molecule has 0 fully saturated rings. The summed E-state index contributed by atoms with van der Waals surface area (Å²) >= 11 is 0. The van der Waals surface area contributed by atoms with Gasteiger partial charge in [0.1, 0.15) is 0 Å². The van der Waals surface area contributed by atoms with Crippen LogP contribution in [0.1, 0.15) is 5.56 Å². The Morgan fingerprint density at radius 3 is 2.85 bits per heavy atom. The van der Waals surface area contributed by atoms with Gasteiger partial charge >= 0.3 is 0 Å². The number of methoxy groups -OCH3 is 1. The molecule has 6 nitrogen and oxygen atoms in total. The van der Waals surface area contributed by atoms with Crippen molar-refractivity contribution in [1.29, 1.82) is 0 Å². The van der Waals surface area contributed by atoms with Crippen LogP contribution in [0.2, 0.25) is 0 Å². The van der Waals surface area contributed by atoms with Crippen molar-refractivity contribution in [3.05, 3.63) is 42.2 Å². The van der Waals surface area contributed by atoms with Gasteiger partial charge in [0, 0.05) is 31.7 Å². The van der Waals surface area contributed by atoms with Crippen molar-refractivity contribution in [3.8, 4) is 0 Å². The summed E-state index contributed by atoms with van der Waals surface area (Å²) in [6.45, 7) is 1.17. The van der Waals surface area contributed by atoms with Crippen LogP contribution in [0, 0.1) is 0 Å². The Hall–Kier alpha value is -1.86. The van der Waals surface area contributed by atoms with Gasteiger partial charge in [-0.05, 0) is 11.6 Å². The van der Waals surface area contributed by atoms with Crippen LogP contribution in [-0.4, -0.2) is 38.6 Å². The highest BCUT2D eigenvalue weighted by Gasteiger charge is 2.19. The highest BCUT2D eigenvalue weighted by atomic mass is 32.2. The quantitative estimate of drug-likeness (QED) is 0.755. The average molecular weight is 295 g/mol. The number of benzene rings is 1. The average Bonchev–Trinajstić information content (AvgIpc) is 2.95. The van der Waals surface area contributed by atoms with E-state index in [1.54, 1.807) is 13.2 Å². The molecule has 1 heterocycles. The van der Waals surface area contributed by atoms with Crippen molar-refractivity contribution in [2.45, 2.75) is 10.9 Å². The van der Waals surface area contributed by atoms with Gasteiger partial charge in [-0.25, -0.2) is 13.4 Å². The Morgan fingerprint density at radius 2 is 2.15 bits per heavy atom. The maximum Gasteiger partial charge on any atom is 0.225 e. The van der Waals surface area contributed by atoms with Gasteiger partial charge in [0.2, 0.25) is 15.0 Å². The van der Waals surface area contributed by atoms with E-state index in [-0.39, 0.29) is 10.9 Å². The van der Waals surface area contributed by atoms with Crippen LogP contribution in [0.5, 0.6) is 0 Å². The number of H-pyrrole nitrogens is 1. The molecule has 0 amide bonds. The van der Waals surface area contributed by atoms with Gasteiger partial charge < -0.3 is 15.0 Å². The molecule has 0 aliphatic carbocycles. The summed E-state index contributed by atoms with van der Waals surface area (Å²) in [4.78, 5) is 6.44.